The molecule has 0 radical (unpaired) electrons. The first-order chi connectivity index (χ1) is 11.2. The van der Waals surface area contributed by atoms with E-state index < -0.39 is 0 Å². The molecule has 2 amide bonds. The van der Waals surface area contributed by atoms with E-state index in [1.807, 2.05) is 55.5 Å². The van der Waals surface area contributed by atoms with Crippen LogP contribution in [0, 0.1) is 11.8 Å². The molecular formula is C19H20N2O2. The molecule has 0 heterocycles. The van der Waals surface area contributed by atoms with E-state index in [0.717, 1.165) is 11.1 Å². The molecule has 0 aliphatic heterocycles. The highest BCUT2D eigenvalue weighted by molar-refractivity contribution is 5.89. The standard InChI is InChI=1S/C19H20N2O2/c1-2-17(14-22)20-19(23)21-18-10-6-9-16(13-18)12-11-15-7-4-3-5-8-15/h3-10,13,17,22H,2,14H2,1H3,(H2,20,21,23). The molecule has 2 aromatic carbocycles. The Bertz CT molecular complexity index is 698. The molecule has 0 saturated carbocycles. The number of aliphatic hydroxyl groups is 1. The van der Waals surface area contributed by atoms with Gasteiger partial charge in [-0.05, 0) is 36.8 Å². The van der Waals surface area contributed by atoms with Gasteiger partial charge in [-0.15, -0.1) is 0 Å². The van der Waals surface area contributed by atoms with Crippen LogP contribution in [0.5, 0.6) is 0 Å². The third-order valence-corrected chi connectivity index (χ3v) is 3.29. The molecule has 0 fully saturated rings. The number of carbonyl (C=O) groups excluding carboxylic acids is 1. The predicted octanol–water partition coefficient (Wildman–Crippen LogP) is 2.98. The molecule has 2 rings (SSSR count). The molecule has 2 aromatic rings. The summed E-state index contributed by atoms with van der Waals surface area (Å²) in [7, 11) is 0. The van der Waals surface area contributed by atoms with E-state index in [1.54, 1.807) is 6.07 Å². The van der Waals surface area contributed by atoms with Gasteiger partial charge in [0.15, 0.2) is 0 Å². The van der Waals surface area contributed by atoms with Gasteiger partial charge in [0.1, 0.15) is 0 Å². The number of anilines is 1. The minimum atomic E-state index is -0.334. The van der Waals surface area contributed by atoms with Crippen LogP contribution in [-0.4, -0.2) is 23.8 Å². The highest BCUT2D eigenvalue weighted by atomic mass is 16.3. The van der Waals surface area contributed by atoms with Crippen LogP contribution in [0.1, 0.15) is 24.5 Å². The molecule has 4 heteroatoms. The van der Waals surface area contributed by atoms with Crippen molar-refractivity contribution in [3.05, 3.63) is 65.7 Å². The zero-order chi connectivity index (χ0) is 16.5. The van der Waals surface area contributed by atoms with Crippen molar-refractivity contribution in [3.63, 3.8) is 0 Å². The van der Waals surface area contributed by atoms with Crippen molar-refractivity contribution >= 4 is 11.7 Å². The van der Waals surface area contributed by atoms with Crippen LogP contribution in [0.4, 0.5) is 10.5 Å². The lowest BCUT2D eigenvalue weighted by Gasteiger charge is -2.14. The van der Waals surface area contributed by atoms with Gasteiger partial charge in [-0.25, -0.2) is 4.79 Å². The number of nitrogens with one attached hydrogen (secondary N) is 2. The Morgan fingerprint density at radius 2 is 1.78 bits per heavy atom. The second kappa shape index (κ2) is 8.62. The van der Waals surface area contributed by atoms with E-state index in [2.05, 4.69) is 22.5 Å². The fourth-order valence-electron chi connectivity index (χ4n) is 1.97. The SMILES string of the molecule is CCC(CO)NC(=O)Nc1cccc(C#Cc2ccccc2)c1. The molecule has 23 heavy (non-hydrogen) atoms. The minimum absolute atomic E-state index is 0.0769. The lowest BCUT2D eigenvalue weighted by Crippen LogP contribution is -2.39. The van der Waals surface area contributed by atoms with Gasteiger partial charge in [-0.3, -0.25) is 0 Å². The number of carbonyl (C=O) groups is 1. The Balaban J connectivity index is 2.03. The average molecular weight is 308 g/mol. The van der Waals surface area contributed by atoms with E-state index in [0.29, 0.717) is 12.1 Å². The Hall–Kier alpha value is -2.77. The van der Waals surface area contributed by atoms with Gasteiger partial charge >= 0.3 is 6.03 Å². The Kier molecular flexibility index (Phi) is 6.22. The van der Waals surface area contributed by atoms with Gasteiger partial charge < -0.3 is 15.7 Å². The molecule has 1 atom stereocenters. The average Bonchev–Trinajstić information content (AvgIpc) is 2.59. The number of amides is 2. The molecule has 0 bridgehead atoms. The predicted molar refractivity (Wildman–Crippen MR) is 92.2 cm³/mol. The second-order valence-electron chi connectivity index (χ2n) is 5.08. The first-order valence-corrected chi connectivity index (χ1v) is 7.56. The molecule has 1 unspecified atom stereocenters. The van der Waals surface area contributed by atoms with Crippen LogP contribution in [0.2, 0.25) is 0 Å². The maximum absolute atomic E-state index is 11.9. The molecule has 0 aliphatic rings. The first kappa shape index (κ1) is 16.6. The van der Waals surface area contributed by atoms with E-state index in [4.69, 9.17) is 5.11 Å². The summed E-state index contributed by atoms with van der Waals surface area (Å²) < 4.78 is 0. The summed E-state index contributed by atoms with van der Waals surface area (Å²) in [4.78, 5) is 11.9. The highest BCUT2D eigenvalue weighted by Gasteiger charge is 2.08. The summed E-state index contributed by atoms with van der Waals surface area (Å²) in [6.45, 7) is 1.83. The second-order valence-corrected chi connectivity index (χ2v) is 5.08. The van der Waals surface area contributed by atoms with Gasteiger partial charge in [0.25, 0.3) is 0 Å². The quantitative estimate of drug-likeness (QED) is 0.760. The normalized spacial score (nSPS) is 11.0. The monoisotopic (exact) mass is 308 g/mol. The first-order valence-electron chi connectivity index (χ1n) is 7.56. The van der Waals surface area contributed by atoms with Crippen LogP contribution >= 0.6 is 0 Å². The van der Waals surface area contributed by atoms with E-state index in [1.165, 1.54) is 0 Å². The molecule has 0 aromatic heterocycles. The van der Waals surface area contributed by atoms with E-state index in [-0.39, 0.29) is 18.7 Å². The molecule has 118 valence electrons. The topological polar surface area (TPSA) is 61.4 Å². The number of hydrogen-bond donors (Lipinski definition) is 3. The number of urea groups is 1. The Labute approximate surface area is 136 Å². The summed E-state index contributed by atoms with van der Waals surface area (Å²) in [5.74, 6) is 6.16. The van der Waals surface area contributed by atoms with Crippen LogP contribution in [0.3, 0.4) is 0 Å². The van der Waals surface area contributed by atoms with Gasteiger partial charge in [-0.2, -0.15) is 0 Å². The van der Waals surface area contributed by atoms with Gasteiger partial charge in [0.2, 0.25) is 0 Å². The molecule has 3 N–H and O–H groups in total. The zero-order valence-electron chi connectivity index (χ0n) is 13.0. The van der Waals surface area contributed by atoms with Crippen molar-refractivity contribution in [2.75, 3.05) is 11.9 Å². The molecule has 0 spiro atoms. The number of rotatable bonds is 4. The summed E-state index contributed by atoms with van der Waals surface area (Å²) in [6.07, 6.45) is 0.673. The summed E-state index contributed by atoms with van der Waals surface area (Å²) >= 11 is 0. The van der Waals surface area contributed by atoms with Gasteiger partial charge in [-0.1, -0.05) is 43.0 Å². The Morgan fingerprint density at radius 1 is 1.09 bits per heavy atom. The van der Waals surface area contributed by atoms with Crippen LogP contribution in [0.25, 0.3) is 0 Å². The summed E-state index contributed by atoms with van der Waals surface area (Å²) in [6, 6.07) is 16.5. The van der Waals surface area contributed by atoms with Crippen molar-refractivity contribution in [2.24, 2.45) is 0 Å². The minimum Gasteiger partial charge on any atom is -0.394 e. The molecule has 0 aliphatic carbocycles. The van der Waals surface area contributed by atoms with Crippen molar-refractivity contribution in [1.82, 2.24) is 5.32 Å². The Morgan fingerprint density at radius 3 is 2.48 bits per heavy atom. The molecular weight excluding hydrogens is 288 g/mol. The van der Waals surface area contributed by atoms with Crippen LogP contribution in [-0.2, 0) is 0 Å². The number of benzene rings is 2. The lowest BCUT2D eigenvalue weighted by atomic mass is 10.1. The van der Waals surface area contributed by atoms with Crippen molar-refractivity contribution in [2.45, 2.75) is 19.4 Å². The van der Waals surface area contributed by atoms with Gasteiger partial charge in [0.05, 0.1) is 12.6 Å². The largest absolute Gasteiger partial charge is 0.394 e. The van der Waals surface area contributed by atoms with Crippen molar-refractivity contribution in [1.29, 1.82) is 0 Å². The highest BCUT2D eigenvalue weighted by Crippen LogP contribution is 2.10. The number of hydrogen-bond acceptors (Lipinski definition) is 2. The number of aliphatic hydroxyl groups excluding tert-OH is 1. The van der Waals surface area contributed by atoms with Crippen LogP contribution < -0.4 is 10.6 Å². The molecule has 4 nitrogen and oxygen atoms in total. The fourth-order valence-corrected chi connectivity index (χ4v) is 1.97. The van der Waals surface area contributed by atoms with Crippen molar-refractivity contribution in [3.8, 4) is 11.8 Å². The van der Waals surface area contributed by atoms with Crippen LogP contribution in [0.15, 0.2) is 54.6 Å². The fraction of sp³-hybridized carbons (Fsp3) is 0.211. The third kappa shape index (κ3) is 5.50. The van der Waals surface area contributed by atoms with E-state index >= 15 is 0 Å². The van der Waals surface area contributed by atoms with Crippen molar-refractivity contribution < 1.29 is 9.90 Å². The van der Waals surface area contributed by atoms with E-state index in [9.17, 15) is 4.79 Å². The summed E-state index contributed by atoms with van der Waals surface area (Å²) in [5, 5.41) is 14.6. The van der Waals surface area contributed by atoms with Gasteiger partial charge in [0, 0.05) is 16.8 Å². The maximum Gasteiger partial charge on any atom is 0.319 e. The smallest absolute Gasteiger partial charge is 0.319 e. The zero-order valence-corrected chi connectivity index (χ0v) is 13.0. The maximum atomic E-state index is 11.9. The summed E-state index contributed by atoms with van der Waals surface area (Å²) in [5.41, 5.74) is 2.42. The molecule has 0 saturated heterocycles. The third-order valence-electron chi connectivity index (χ3n) is 3.29. The lowest BCUT2D eigenvalue weighted by molar-refractivity contribution is 0.222.